The van der Waals surface area contributed by atoms with Crippen molar-refractivity contribution in [2.24, 2.45) is 10.7 Å². The standard InChI is InChI=1S/C11H11ClN4O/c12-9-3-1-2-7-4-5-14-10(6-8(7)9)15-16-11(13)17/h1-5H,6H2,(H,14,15)(H3,13,16,17). The molecule has 0 bridgehead atoms. The zero-order chi connectivity index (χ0) is 12.3. The van der Waals surface area contributed by atoms with Gasteiger partial charge >= 0.3 is 6.03 Å². The lowest BCUT2D eigenvalue weighted by Crippen LogP contribution is -2.45. The molecule has 1 aliphatic rings. The van der Waals surface area contributed by atoms with E-state index in [1.165, 1.54) is 0 Å². The van der Waals surface area contributed by atoms with Gasteiger partial charge in [0, 0.05) is 17.6 Å². The number of carbonyl (C=O) groups excluding carboxylic acids is 1. The first-order chi connectivity index (χ1) is 8.16. The number of rotatable bonds is 0. The van der Waals surface area contributed by atoms with E-state index >= 15 is 0 Å². The molecule has 0 aromatic heterocycles. The second-order valence-corrected chi connectivity index (χ2v) is 3.90. The Morgan fingerprint density at radius 1 is 1.47 bits per heavy atom. The van der Waals surface area contributed by atoms with Gasteiger partial charge in [-0.3, -0.25) is 10.9 Å². The number of aliphatic imine (C=N–C) groups is 1. The summed E-state index contributed by atoms with van der Waals surface area (Å²) >= 11 is 6.11. The van der Waals surface area contributed by atoms with Crippen LogP contribution in [0.5, 0.6) is 0 Å². The van der Waals surface area contributed by atoms with Crippen LogP contribution in [0.25, 0.3) is 6.08 Å². The molecule has 0 spiro atoms. The van der Waals surface area contributed by atoms with Gasteiger partial charge in [-0.05, 0) is 23.3 Å². The SMILES string of the molecule is NC(=O)NNC1=NC=Cc2cccc(Cl)c2C1. The zero-order valence-electron chi connectivity index (χ0n) is 8.90. The van der Waals surface area contributed by atoms with Gasteiger partial charge in [0.05, 0.1) is 0 Å². The Bertz CT molecular complexity index is 510. The Kier molecular flexibility index (Phi) is 3.30. The van der Waals surface area contributed by atoms with Crippen molar-refractivity contribution in [3.05, 3.63) is 40.5 Å². The van der Waals surface area contributed by atoms with E-state index in [4.69, 9.17) is 17.3 Å². The van der Waals surface area contributed by atoms with Crippen molar-refractivity contribution < 1.29 is 4.79 Å². The predicted molar refractivity (Wildman–Crippen MR) is 67.5 cm³/mol. The van der Waals surface area contributed by atoms with Crippen LogP contribution in [0.3, 0.4) is 0 Å². The number of hydrogen-bond donors (Lipinski definition) is 3. The monoisotopic (exact) mass is 250 g/mol. The number of hydrogen-bond acceptors (Lipinski definition) is 3. The minimum absolute atomic E-state index is 0.502. The number of halogens is 1. The molecule has 2 rings (SSSR count). The molecule has 0 saturated carbocycles. The molecule has 0 fully saturated rings. The number of nitrogens with one attached hydrogen (secondary N) is 2. The lowest BCUT2D eigenvalue weighted by atomic mass is 10.0. The van der Waals surface area contributed by atoms with E-state index < -0.39 is 6.03 Å². The summed E-state index contributed by atoms with van der Waals surface area (Å²) in [5.74, 6) is 0.576. The third-order valence-electron chi connectivity index (χ3n) is 2.31. The number of carbonyl (C=O) groups is 1. The van der Waals surface area contributed by atoms with Gasteiger partial charge < -0.3 is 5.73 Å². The minimum Gasteiger partial charge on any atom is -0.350 e. The maximum absolute atomic E-state index is 10.6. The molecule has 1 aromatic rings. The van der Waals surface area contributed by atoms with Gasteiger partial charge in [0.25, 0.3) is 0 Å². The Morgan fingerprint density at radius 3 is 3.06 bits per heavy atom. The fourth-order valence-corrected chi connectivity index (χ4v) is 1.80. The van der Waals surface area contributed by atoms with Gasteiger partial charge in [0.1, 0.15) is 5.84 Å². The van der Waals surface area contributed by atoms with Crippen molar-refractivity contribution in [3.8, 4) is 0 Å². The van der Waals surface area contributed by atoms with E-state index in [0.29, 0.717) is 17.3 Å². The summed E-state index contributed by atoms with van der Waals surface area (Å²) in [5, 5.41) is 0.669. The highest BCUT2D eigenvalue weighted by atomic mass is 35.5. The topological polar surface area (TPSA) is 79.5 Å². The first-order valence-electron chi connectivity index (χ1n) is 4.99. The van der Waals surface area contributed by atoms with E-state index in [2.05, 4.69) is 15.8 Å². The van der Waals surface area contributed by atoms with Crippen LogP contribution < -0.4 is 16.6 Å². The second-order valence-electron chi connectivity index (χ2n) is 3.49. The van der Waals surface area contributed by atoms with Crippen LogP contribution in [-0.2, 0) is 6.42 Å². The van der Waals surface area contributed by atoms with E-state index in [0.717, 1.165) is 11.1 Å². The molecule has 0 aliphatic carbocycles. The van der Waals surface area contributed by atoms with Crippen LogP contribution in [0.1, 0.15) is 11.1 Å². The van der Waals surface area contributed by atoms with Crippen LogP contribution in [0.2, 0.25) is 5.02 Å². The maximum atomic E-state index is 10.6. The van der Waals surface area contributed by atoms with Crippen LogP contribution in [-0.4, -0.2) is 11.9 Å². The maximum Gasteiger partial charge on any atom is 0.330 e. The summed E-state index contributed by atoms with van der Waals surface area (Å²) in [6.07, 6.45) is 4.01. The van der Waals surface area contributed by atoms with Crippen molar-refractivity contribution in [1.82, 2.24) is 10.9 Å². The fourth-order valence-electron chi connectivity index (χ4n) is 1.55. The lowest BCUT2D eigenvalue weighted by Gasteiger charge is -2.10. The van der Waals surface area contributed by atoms with Gasteiger partial charge in [-0.15, -0.1) is 0 Å². The number of amidine groups is 1. The van der Waals surface area contributed by atoms with Crippen LogP contribution in [0.15, 0.2) is 29.4 Å². The normalized spacial score (nSPS) is 13.4. The highest BCUT2D eigenvalue weighted by Crippen LogP contribution is 2.23. The Labute approximate surface area is 103 Å². The first-order valence-corrected chi connectivity index (χ1v) is 5.36. The van der Waals surface area contributed by atoms with Crippen molar-refractivity contribution in [2.45, 2.75) is 6.42 Å². The number of nitrogens with zero attached hydrogens (tertiary/aromatic N) is 1. The highest BCUT2D eigenvalue weighted by molar-refractivity contribution is 6.31. The number of hydrazine groups is 1. The Morgan fingerprint density at radius 2 is 2.29 bits per heavy atom. The van der Waals surface area contributed by atoms with Crippen LogP contribution >= 0.6 is 11.6 Å². The van der Waals surface area contributed by atoms with Crippen molar-refractivity contribution in [3.63, 3.8) is 0 Å². The molecule has 1 aliphatic heterocycles. The lowest BCUT2D eigenvalue weighted by molar-refractivity contribution is 0.247. The second kappa shape index (κ2) is 4.88. The quantitative estimate of drug-likeness (QED) is 0.609. The van der Waals surface area contributed by atoms with E-state index in [1.807, 2.05) is 24.3 Å². The number of benzene rings is 1. The minimum atomic E-state index is -0.666. The van der Waals surface area contributed by atoms with Gasteiger partial charge in [-0.2, -0.15) is 0 Å². The third-order valence-corrected chi connectivity index (χ3v) is 2.67. The third kappa shape index (κ3) is 2.76. The molecule has 0 radical (unpaired) electrons. The van der Waals surface area contributed by atoms with Crippen molar-refractivity contribution >= 4 is 29.5 Å². The Balaban J connectivity index is 2.21. The number of amides is 2. The fraction of sp³-hybridized carbons (Fsp3) is 0.0909. The molecule has 2 amide bonds. The molecule has 5 nitrogen and oxygen atoms in total. The average Bonchev–Trinajstić information content (AvgIpc) is 2.49. The zero-order valence-corrected chi connectivity index (χ0v) is 9.66. The van der Waals surface area contributed by atoms with E-state index in [1.54, 1.807) is 6.20 Å². The summed E-state index contributed by atoms with van der Waals surface area (Å²) in [6.45, 7) is 0. The molecule has 88 valence electrons. The van der Waals surface area contributed by atoms with E-state index in [-0.39, 0.29) is 0 Å². The molecule has 6 heteroatoms. The highest BCUT2D eigenvalue weighted by Gasteiger charge is 2.11. The Hall–Kier alpha value is -2.01. The first kappa shape index (κ1) is 11.5. The number of urea groups is 1. The smallest absolute Gasteiger partial charge is 0.330 e. The number of fused-ring (bicyclic) bond motifs is 1. The molecule has 0 atom stereocenters. The molecular weight excluding hydrogens is 240 g/mol. The molecule has 0 unspecified atom stereocenters. The van der Waals surface area contributed by atoms with Crippen LogP contribution in [0, 0.1) is 0 Å². The van der Waals surface area contributed by atoms with Gasteiger partial charge in [0.15, 0.2) is 0 Å². The molecule has 0 saturated heterocycles. The number of nitrogens with two attached hydrogens (primary N) is 1. The summed E-state index contributed by atoms with van der Waals surface area (Å²) < 4.78 is 0. The molecule has 17 heavy (non-hydrogen) atoms. The van der Waals surface area contributed by atoms with E-state index in [9.17, 15) is 4.79 Å². The summed E-state index contributed by atoms with van der Waals surface area (Å²) in [4.78, 5) is 14.7. The van der Waals surface area contributed by atoms with Crippen LogP contribution in [0.4, 0.5) is 4.79 Å². The predicted octanol–water partition coefficient (Wildman–Crippen LogP) is 1.44. The summed E-state index contributed by atoms with van der Waals surface area (Å²) in [7, 11) is 0. The van der Waals surface area contributed by atoms with Gasteiger partial charge in [0.2, 0.25) is 0 Å². The summed E-state index contributed by atoms with van der Waals surface area (Å²) in [6, 6.07) is 4.99. The molecule has 1 aromatic carbocycles. The average molecular weight is 251 g/mol. The summed E-state index contributed by atoms with van der Waals surface area (Å²) in [5.41, 5.74) is 11.9. The number of primary amides is 1. The molecule has 4 N–H and O–H groups in total. The van der Waals surface area contributed by atoms with Crippen molar-refractivity contribution in [2.75, 3.05) is 0 Å². The van der Waals surface area contributed by atoms with Crippen molar-refractivity contribution in [1.29, 1.82) is 0 Å². The van der Waals surface area contributed by atoms with Gasteiger partial charge in [-0.25, -0.2) is 9.79 Å². The van der Waals surface area contributed by atoms with Gasteiger partial charge in [-0.1, -0.05) is 23.7 Å². The molecule has 1 heterocycles. The largest absolute Gasteiger partial charge is 0.350 e. The molecular formula is C11H11ClN4O.